The summed E-state index contributed by atoms with van der Waals surface area (Å²) in [6.45, 7) is 2.53. The van der Waals surface area contributed by atoms with Gasteiger partial charge in [-0.05, 0) is 24.6 Å². The van der Waals surface area contributed by atoms with Crippen LogP contribution in [-0.4, -0.2) is 25.3 Å². The zero-order chi connectivity index (χ0) is 12.4. The van der Waals surface area contributed by atoms with Gasteiger partial charge in [0.05, 0.1) is 12.2 Å². The number of carbonyl (C=O) groups excluding carboxylic acids is 1. The molecule has 0 spiro atoms. The van der Waals surface area contributed by atoms with Gasteiger partial charge in [-0.25, -0.2) is 9.18 Å². The first-order chi connectivity index (χ1) is 8.11. The quantitative estimate of drug-likeness (QED) is 0.812. The van der Waals surface area contributed by atoms with E-state index in [0.29, 0.717) is 24.3 Å². The number of hydrogen-bond acceptors (Lipinski definition) is 4. The van der Waals surface area contributed by atoms with Crippen LogP contribution in [0.1, 0.15) is 5.56 Å². The van der Waals surface area contributed by atoms with Crippen molar-refractivity contribution >= 4 is 24.6 Å². The van der Waals surface area contributed by atoms with Gasteiger partial charge in [0, 0.05) is 6.54 Å². The number of benzene rings is 1. The highest BCUT2D eigenvalue weighted by molar-refractivity contribution is 7.78. The van der Waals surface area contributed by atoms with Gasteiger partial charge in [0.2, 0.25) is 0 Å². The maximum atomic E-state index is 13.4. The van der Waals surface area contributed by atoms with Gasteiger partial charge in [0.15, 0.2) is 0 Å². The normalized spacial score (nSPS) is 19.6. The number of thiol groups is 1. The van der Waals surface area contributed by atoms with Crippen LogP contribution in [0.4, 0.5) is 14.9 Å². The highest BCUT2D eigenvalue weighted by Crippen LogP contribution is 2.23. The van der Waals surface area contributed by atoms with Gasteiger partial charge < -0.3 is 4.74 Å². The third kappa shape index (κ3) is 2.53. The van der Waals surface area contributed by atoms with Crippen LogP contribution in [-0.2, 0) is 4.74 Å². The predicted octanol–water partition coefficient (Wildman–Crippen LogP) is 1.89. The molecule has 0 aromatic heterocycles. The third-order valence-electron chi connectivity index (χ3n) is 2.66. The van der Waals surface area contributed by atoms with Crippen molar-refractivity contribution in [1.82, 2.24) is 4.72 Å². The number of halogens is 1. The van der Waals surface area contributed by atoms with Crippen molar-refractivity contribution in [2.75, 3.05) is 18.0 Å². The molecule has 1 aliphatic rings. The third-order valence-corrected chi connectivity index (χ3v) is 2.84. The van der Waals surface area contributed by atoms with E-state index in [1.54, 1.807) is 19.1 Å². The number of anilines is 1. The lowest BCUT2D eigenvalue weighted by Gasteiger charge is -2.13. The average molecular weight is 256 g/mol. The first-order valence-corrected chi connectivity index (χ1v) is 5.68. The van der Waals surface area contributed by atoms with Crippen LogP contribution in [0.3, 0.4) is 0 Å². The van der Waals surface area contributed by atoms with Gasteiger partial charge in [-0.1, -0.05) is 18.9 Å². The molecule has 17 heavy (non-hydrogen) atoms. The van der Waals surface area contributed by atoms with Gasteiger partial charge in [0.1, 0.15) is 11.9 Å². The Morgan fingerprint density at radius 2 is 2.41 bits per heavy atom. The maximum Gasteiger partial charge on any atom is 0.414 e. The summed E-state index contributed by atoms with van der Waals surface area (Å²) >= 11 is 3.85. The Bertz CT molecular complexity index is 441. The summed E-state index contributed by atoms with van der Waals surface area (Å²) in [4.78, 5) is 13.0. The summed E-state index contributed by atoms with van der Waals surface area (Å²) < 4.78 is 21.1. The topological polar surface area (TPSA) is 41.6 Å². The number of rotatable bonds is 3. The van der Waals surface area contributed by atoms with Crippen LogP contribution in [0.25, 0.3) is 0 Å². The van der Waals surface area contributed by atoms with E-state index in [2.05, 4.69) is 17.5 Å². The number of amides is 1. The molecule has 0 aliphatic carbocycles. The highest BCUT2D eigenvalue weighted by atomic mass is 32.1. The van der Waals surface area contributed by atoms with E-state index in [4.69, 9.17) is 4.74 Å². The molecule has 0 bridgehead atoms. The molecule has 1 aromatic rings. The van der Waals surface area contributed by atoms with Crippen molar-refractivity contribution < 1.29 is 13.9 Å². The second-order valence-electron chi connectivity index (χ2n) is 3.91. The zero-order valence-corrected chi connectivity index (χ0v) is 10.2. The first kappa shape index (κ1) is 12.2. The Labute approximate surface area is 104 Å². The summed E-state index contributed by atoms with van der Waals surface area (Å²) in [5.74, 6) is -0.328. The van der Waals surface area contributed by atoms with Crippen LogP contribution >= 0.6 is 12.8 Å². The smallest absolute Gasteiger partial charge is 0.414 e. The van der Waals surface area contributed by atoms with E-state index >= 15 is 0 Å². The van der Waals surface area contributed by atoms with Crippen molar-refractivity contribution in [2.24, 2.45) is 0 Å². The molecule has 0 saturated carbocycles. The van der Waals surface area contributed by atoms with Crippen LogP contribution in [0, 0.1) is 12.7 Å². The summed E-state index contributed by atoms with van der Waals surface area (Å²) in [6.07, 6.45) is -0.716. The molecular weight excluding hydrogens is 243 g/mol. The Balaban J connectivity index is 2.17. The molecule has 2 rings (SSSR count). The fourth-order valence-electron chi connectivity index (χ4n) is 1.69. The van der Waals surface area contributed by atoms with E-state index in [-0.39, 0.29) is 11.9 Å². The molecule has 92 valence electrons. The van der Waals surface area contributed by atoms with E-state index in [0.717, 1.165) is 0 Å². The van der Waals surface area contributed by atoms with E-state index < -0.39 is 6.09 Å². The number of aryl methyl sites for hydroxylation is 1. The fraction of sp³-hybridized carbons (Fsp3) is 0.364. The Hall–Kier alpha value is -1.27. The summed E-state index contributed by atoms with van der Waals surface area (Å²) in [5, 5.41) is 0. The lowest BCUT2D eigenvalue weighted by atomic mass is 10.2. The van der Waals surface area contributed by atoms with Crippen molar-refractivity contribution in [3.8, 4) is 0 Å². The highest BCUT2D eigenvalue weighted by Gasteiger charge is 2.32. The lowest BCUT2D eigenvalue weighted by Crippen LogP contribution is -2.27. The monoisotopic (exact) mass is 256 g/mol. The van der Waals surface area contributed by atoms with Crippen LogP contribution in [0.15, 0.2) is 18.2 Å². The van der Waals surface area contributed by atoms with Crippen LogP contribution in [0.5, 0.6) is 0 Å². The second-order valence-corrected chi connectivity index (χ2v) is 4.23. The SMILES string of the molecule is Cc1ccc(N2CC(CNS)OC2=O)cc1F. The van der Waals surface area contributed by atoms with Gasteiger partial charge in [-0.3, -0.25) is 9.62 Å². The van der Waals surface area contributed by atoms with Gasteiger partial charge in [-0.2, -0.15) is 0 Å². The Morgan fingerprint density at radius 1 is 1.65 bits per heavy atom. The molecule has 4 nitrogen and oxygen atoms in total. The molecule has 1 amide bonds. The Kier molecular flexibility index (Phi) is 3.54. The molecular formula is C11H13FN2O2S. The largest absolute Gasteiger partial charge is 0.443 e. The van der Waals surface area contributed by atoms with Crippen molar-refractivity contribution in [3.05, 3.63) is 29.6 Å². The molecule has 6 heteroatoms. The molecule has 1 unspecified atom stereocenters. The van der Waals surface area contributed by atoms with Gasteiger partial charge in [0.25, 0.3) is 0 Å². The molecule has 1 heterocycles. The molecule has 1 atom stereocenters. The second kappa shape index (κ2) is 4.93. The molecule has 1 N–H and O–H groups in total. The fourth-order valence-corrected chi connectivity index (χ4v) is 1.89. The number of nitrogens with zero attached hydrogens (tertiary/aromatic N) is 1. The number of nitrogens with one attached hydrogen (secondary N) is 1. The van der Waals surface area contributed by atoms with Crippen molar-refractivity contribution in [3.63, 3.8) is 0 Å². The number of cyclic esters (lactones) is 1. The summed E-state index contributed by atoms with van der Waals surface area (Å²) in [5.41, 5.74) is 1.06. The minimum atomic E-state index is -0.457. The van der Waals surface area contributed by atoms with Crippen molar-refractivity contribution in [2.45, 2.75) is 13.0 Å². The summed E-state index contributed by atoms with van der Waals surface area (Å²) in [6, 6.07) is 4.69. The van der Waals surface area contributed by atoms with E-state index in [9.17, 15) is 9.18 Å². The maximum absolute atomic E-state index is 13.4. The molecule has 1 fully saturated rings. The van der Waals surface area contributed by atoms with Gasteiger partial charge in [-0.15, -0.1) is 0 Å². The minimum Gasteiger partial charge on any atom is -0.443 e. The lowest BCUT2D eigenvalue weighted by molar-refractivity contribution is 0.143. The zero-order valence-electron chi connectivity index (χ0n) is 9.31. The van der Waals surface area contributed by atoms with Crippen LogP contribution < -0.4 is 9.62 Å². The van der Waals surface area contributed by atoms with E-state index in [1.807, 2.05) is 0 Å². The van der Waals surface area contributed by atoms with Gasteiger partial charge >= 0.3 is 6.09 Å². The standard InChI is InChI=1S/C11H13FN2O2S/c1-7-2-3-8(4-10(7)12)14-6-9(5-13-17)16-11(14)15/h2-4,9,13,17H,5-6H2,1H3. The first-order valence-electron chi connectivity index (χ1n) is 5.23. The number of hydrogen-bond donors (Lipinski definition) is 2. The minimum absolute atomic E-state index is 0.260. The van der Waals surface area contributed by atoms with Crippen LogP contribution in [0.2, 0.25) is 0 Å². The number of carbonyl (C=O) groups is 1. The molecule has 1 saturated heterocycles. The Morgan fingerprint density at radius 3 is 3.06 bits per heavy atom. The number of ether oxygens (including phenoxy) is 1. The van der Waals surface area contributed by atoms with Crippen molar-refractivity contribution in [1.29, 1.82) is 0 Å². The molecule has 0 radical (unpaired) electrons. The molecule has 1 aliphatic heterocycles. The molecule has 1 aromatic carbocycles. The van der Waals surface area contributed by atoms with E-state index in [1.165, 1.54) is 11.0 Å². The summed E-state index contributed by atoms with van der Waals surface area (Å²) in [7, 11) is 0. The average Bonchev–Trinajstić information content (AvgIpc) is 2.64. The predicted molar refractivity (Wildman–Crippen MR) is 65.7 cm³/mol.